The number of thiazole rings is 1. The Kier molecular flexibility index (Phi) is 4.76. The molecular weight excluding hydrogens is 314 g/mol. The maximum absolute atomic E-state index is 12.1. The van der Waals surface area contributed by atoms with E-state index in [1.54, 1.807) is 6.07 Å². The Morgan fingerprint density at radius 2 is 2.13 bits per heavy atom. The first-order valence-electron chi connectivity index (χ1n) is 7.72. The van der Waals surface area contributed by atoms with Crippen molar-refractivity contribution < 1.29 is 14.0 Å². The number of nitrogens with zero attached hydrogens (tertiary/aromatic N) is 1. The van der Waals surface area contributed by atoms with E-state index < -0.39 is 0 Å². The SMILES string of the molecule is CC(=O)NCc1ccc(-c2csc(NC(=O)C3CCCC3)n2)o1. The molecule has 0 unspecified atom stereocenters. The highest BCUT2D eigenvalue weighted by atomic mass is 32.1. The Bertz CT molecular complexity index is 701. The van der Waals surface area contributed by atoms with Crippen LogP contribution >= 0.6 is 11.3 Å². The van der Waals surface area contributed by atoms with Crippen molar-refractivity contribution in [1.29, 1.82) is 0 Å². The van der Waals surface area contributed by atoms with Gasteiger partial charge >= 0.3 is 0 Å². The number of anilines is 1. The molecule has 1 aliphatic carbocycles. The first kappa shape index (κ1) is 15.7. The van der Waals surface area contributed by atoms with Crippen LogP contribution in [0.15, 0.2) is 21.9 Å². The zero-order valence-corrected chi connectivity index (χ0v) is 13.7. The Hall–Kier alpha value is -2.15. The lowest BCUT2D eigenvalue weighted by atomic mass is 10.1. The fourth-order valence-electron chi connectivity index (χ4n) is 2.66. The summed E-state index contributed by atoms with van der Waals surface area (Å²) in [5.41, 5.74) is 0.686. The Balaban J connectivity index is 1.62. The van der Waals surface area contributed by atoms with Crippen molar-refractivity contribution in [3.05, 3.63) is 23.3 Å². The molecule has 7 heteroatoms. The molecule has 2 heterocycles. The number of rotatable bonds is 5. The van der Waals surface area contributed by atoms with E-state index in [0.717, 1.165) is 25.7 Å². The van der Waals surface area contributed by atoms with E-state index >= 15 is 0 Å². The average molecular weight is 333 g/mol. The molecule has 0 spiro atoms. The molecule has 0 radical (unpaired) electrons. The highest BCUT2D eigenvalue weighted by Crippen LogP contribution is 2.29. The van der Waals surface area contributed by atoms with E-state index in [4.69, 9.17) is 4.42 Å². The number of hydrogen-bond donors (Lipinski definition) is 2. The normalized spacial score (nSPS) is 14.8. The van der Waals surface area contributed by atoms with Gasteiger partial charge in [0.2, 0.25) is 11.8 Å². The molecule has 1 aliphatic rings. The van der Waals surface area contributed by atoms with Crippen LogP contribution in [0.1, 0.15) is 38.4 Å². The molecule has 122 valence electrons. The van der Waals surface area contributed by atoms with Crippen LogP contribution in [0.2, 0.25) is 0 Å². The Labute approximate surface area is 138 Å². The predicted octanol–water partition coefficient (Wildman–Crippen LogP) is 3.17. The number of aromatic nitrogens is 1. The molecule has 2 N–H and O–H groups in total. The van der Waals surface area contributed by atoms with E-state index in [1.165, 1.54) is 18.3 Å². The first-order valence-corrected chi connectivity index (χ1v) is 8.59. The zero-order valence-electron chi connectivity index (χ0n) is 12.9. The lowest BCUT2D eigenvalue weighted by molar-refractivity contribution is -0.120. The molecule has 2 aromatic heterocycles. The van der Waals surface area contributed by atoms with Crippen LogP contribution < -0.4 is 10.6 Å². The lowest BCUT2D eigenvalue weighted by Gasteiger charge is -2.07. The van der Waals surface area contributed by atoms with E-state index in [9.17, 15) is 9.59 Å². The fourth-order valence-corrected chi connectivity index (χ4v) is 3.36. The molecule has 1 saturated carbocycles. The van der Waals surface area contributed by atoms with E-state index in [-0.39, 0.29) is 17.7 Å². The van der Waals surface area contributed by atoms with Gasteiger partial charge in [-0.3, -0.25) is 9.59 Å². The molecule has 0 aliphatic heterocycles. The fraction of sp³-hybridized carbons (Fsp3) is 0.438. The summed E-state index contributed by atoms with van der Waals surface area (Å²) >= 11 is 1.39. The van der Waals surface area contributed by atoms with Crippen molar-refractivity contribution in [2.45, 2.75) is 39.2 Å². The smallest absolute Gasteiger partial charge is 0.229 e. The Morgan fingerprint density at radius 3 is 2.87 bits per heavy atom. The summed E-state index contributed by atoms with van der Waals surface area (Å²) < 4.78 is 5.65. The van der Waals surface area contributed by atoms with E-state index in [2.05, 4.69) is 15.6 Å². The highest BCUT2D eigenvalue weighted by Gasteiger charge is 2.23. The minimum atomic E-state index is -0.103. The van der Waals surface area contributed by atoms with E-state index in [1.807, 2.05) is 11.4 Å². The van der Waals surface area contributed by atoms with Crippen molar-refractivity contribution >= 4 is 28.3 Å². The largest absolute Gasteiger partial charge is 0.458 e. The van der Waals surface area contributed by atoms with Crippen molar-refractivity contribution in [2.24, 2.45) is 5.92 Å². The van der Waals surface area contributed by atoms with Gasteiger partial charge in [-0.2, -0.15) is 0 Å². The standard InChI is InChI=1S/C16H19N3O3S/c1-10(20)17-8-12-6-7-14(22-12)13-9-23-16(18-13)19-15(21)11-4-2-3-5-11/h6-7,9,11H,2-5,8H2,1H3,(H,17,20)(H,18,19,21). The topological polar surface area (TPSA) is 84.2 Å². The molecule has 0 saturated heterocycles. The summed E-state index contributed by atoms with van der Waals surface area (Å²) in [4.78, 5) is 27.4. The quantitative estimate of drug-likeness (QED) is 0.880. The maximum atomic E-state index is 12.1. The van der Waals surface area contributed by atoms with Gasteiger partial charge in [0.1, 0.15) is 11.5 Å². The van der Waals surface area contributed by atoms with Crippen molar-refractivity contribution in [3.63, 3.8) is 0 Å². The molecule has 0 atom stereocenters. The number of furan rings is 1. The van der Waals surface area contributed by atoms with Crippen LogP contribution in [0.5, 0.6) is 0 Å². The van der Waals surface area contributed by atoms with Gasteiger partial charge in [0.25, 0.3) is 0 Å². The summed E-state index contributed by atoms with van der Waals surface area (Å²) in [7, 11) is 0. The lowest BCUT2D eigenvalue weighted by Crippen LogP contribution is -2.20. The molecule has 23 heavy (non-hydrogen) atoms. The van der Waals surface area contributed by atoms with Gasteiger partial charge in [-0.25, -0.2) is 4.98 Å². The monoisotopic (exact) mass is 333 g/mol. The number of nitrogens with one attached hydrogen (secondary N) is 2. The maximum Gasteiger partial charge on any atom is 0.229 e. The van der Waals surface area contributed by atoms with Crippen molar-refractivity contribution in [3.8, 4) is 11.5 Å². The molecule has 1 fully saturated rings. The summed E-state index contributed by atoms with van der Waals surface area (Å²) in [6.45, 7) is 1.81. The highest BCUT2D eigenvalue weighted by molar-refractivity contribution is 7.14. The van der Waals surface area contributed by atoms with Gasteiger partial charge in [0, 0.05) is 18.2 Å². The van der Waals surface area contributed by atoms with Crippen LogP contribution in [-0.4, -0.2) is 16.8 Å². The average Bonchev–Trinajstić information content (AvgIpc) is 3.25. The Morgan fingerprint density at radius 1 is 1.35 bits per heavy atom. The van der Waals surface area contributed by atoms with Gasteiger partial charge in [0.15, 0.2) is 10.9 Å². The third-order valence-corrected chi connectivity index (χ3v) is 4.64. The number of hydrogen-bond acceptors (Lipinski definition) is 5. The third-order valence-electron chi connectivity index (χ3n) is 3.89. The molecular formula is C16H19N3O3S. The molecule has 0 aromatic carbocycles. The van der Waals surface area contributed by atoms with Crippen molar-refractivity contribution in [2.75, 3.05) is 5.32 Å². The van der Waals surface area contributed by atoms with Crippen LogP contribution in [0.4, 0.5) is 5.13 Å². The molecule has 2 amide bonds. The second-order valence-electron chi connectivity index (χ2n) is 5.68. The second kappa shape index (κ2) is 6.95. The molecule has 2 aromatic rings. The van der Waals surface area contributed by atoms with E-state index in [0.29, 0.717) is 28.9 Å². The van der Waals surface area contributed by atoms with Crippen LogP contribution in [-0.2, 0) is 16.1 Å². The van der Waals surface area contributed by atoms with Crippen molar-refractivity contribution in [1.82, 2.24) is 10.3 Å². The first-order chi connectivity index (χ1) is 11.1. The van der Waals surface area contributed by atoms with Gasteiger partial charge in [-0.05, 0) is 25.0 Å². The zero-order chi connectivity index (χ0) is 16.2. The summed E-state index contributed by atoms with van der Waals surface area (Å²) in [5.74, 6) is 1.38. The number of amides is 2. The third kappa shape index (κ3) is 3.98. The summed E-state index contributed by atoms with van der Waals surface area (Å²) in [6.07, 6.45) is 4.19. The molecule has 3 rings (SSSR count). The number of carbonyl (C=O) groups excluding carboxylic acids is 2. The summed E-state index contributed by atoms with van der Waals surface area (Å²) in [5, 5.41) is 8.02. The summed E-state index contributed by atoms with van der Waals surface area (Å²) in [6, 6.07) is 3.62. The van der Waals surface area contributed by atoms with Crippen LogP contribution in [0.25, 0.3) is 11.5 Å². The molecule has 6 nitrogen and oxygen atoms in total. The second-order valence-corrected chi connectivity index (χ2v) is 6.54. The minimum absolute atomic E-state index is 0.0641. The minimum Gasteiger partial charge on any atom is -0.458 e. The van der Waals surface area contributed by atoms with Gasteiger partial charge in [-0.1, -0.05) is 12.8 Å². The van der Waals surface area contributed by atoms with Gasteiger partial charge < -0.3 is 15.1 Å². The van der Waals surface area contributed by atoms with Crippen LogP contribution in [0, 0.1) is 5.92 Å². The predicted molar refractivity (Wildman–Crippen MR) is 87.9 cm³/mol. The van der Waals surface area contributed by atoms with Gasteiger partial charge in [0.05, 0.1) is 6.54 Å². The van der Waals surface area contributed by atoms with Gasteiger partial charge in [-0.15, -0.1) is 11.3 Å². The molecule has 0 bridgehead atoms. The van der Waals surface area contributed by atoms with Crippen LogP contribution in [0.3, 0.4) is 0 Å². The number of carbonyl (C=O) groups is 2.